The van der Waals surface area contributed by atoms with Crippen LogP contribution in [0, 0.1) is 0 Å². The predicted molar refractivity (Wildman–Crippen MR) is 113 cm³/mol. The Labute approximate surface area is 178 Å². The molecule has 3 aromatic rings. The van der Waals surface area contributed by atoms with Crippen LogP contribution in [0.25, 0.3) is 16.6 Å². The Morgan fingerprint density at radius 3 is 2.53 bits per heavy atom. The van der Waals surface area contributed by atoms with Crippen LogP contribution in [0.2, 0.25) is 5.15 Å². The topological polar surface area (TPSA) is 112 Å². The second-order valence-corrected chi connectivity index (χ2v) is 9.92. The first-order valence-electron chi connectivity index (χ1n) is 8.82. The number of ether oxygens (including phenoxy) is 2. The van der Waals surface area contributed by atoms with E-state index < -0.39 is 21.5 Å². The number of pyridine rings is 1. The Hall–Kier alpha value is -2.85. The Bertz CT molecular complexity index is 1230. The summed E-state index contributed by atoms with van der Waals surface area (Å²) in [4.78, 5) is 16.4. The molecule has 2 heterocycles. The van der Waals surface area contributed by atoms with Crippen LogP contribution in [0.3, 0.4) is 0 Å². The fourth-order valence-electron chi connectivity index (χ4n) is 2.73. The lowest BCUT2D eigenvalue weighted by molar-refractivity contribution is 0.0635. The van der Waals surface area contributed by atoms with Gasteiger partial charge in [0.05, 0.1) is 22.9 Å². The van der Waals surface area contributed by atoms with Crippen LogP contribution in [0.4, 0.5) is 10.6 Å². The number of rotatable bonds is 4. The molecule has 0 atom stereocenters. The van der Waals surface area contributed by atoms with Crippen LogP contribution in [0.5, 0.6) is 5.75 Å². The molecule has 3 rings (SSSR count). The standard InChI is InChI=1S/C19H21ClN4O5S/c1-19(2,3)29-18(25)22-17-12-10-21-16(20)9-13(12)24(23-17)14-8-11(30(5,26)27)6-7-15(14)28-4/h6-10H,1-5H3,(H,22,23,25). The molecule has 0 saturated heterocycles. The highest BCUT2D eigenvalue weighted by Gasteiger charge is 2.22. The molecule has 1 aromatic carbocycles. The molecular formula is C19H21ClN4O5S. The monoisotopic (exact) mass is 452 g/mol. The van der Waals surface area contributed by atoms with Gasteiger partial charge in [0.25, 0.3) is 0 Å². The zero-order chi connectivity index (χ0) is 22.3. The summed E-state index contributed by atoms with van der Waals surface area (Å²) in [5.41, 5.74) is 0.145. The van der Waals surface area contributed by atoms with Crippen LogP contribution >= 0.6 is 11.6 Å². The van der Waals surface area contributed by atoms with Crippen molar-refractivity contribution in [3.63, 3.8) is 0 Å². The first-order valence-corrected chi connectivity index (χ1v) is 11.1. The van der Waals surface area contributed by atoms with Gasteiger partial charge < -0.3 is 9.47 Å². The van der Waals surface area contributed by atoms with Crippen molar-refractivity contribution in [3.05, 3.63) is 35.6 Å². The second-order valence-electron chi connectivity index (χ2n) is 7.52. The molecule has 1 amide bonds. The van der Waals surface area contributed by atoms with E-state index in [1.807, 2.05) is 0 Å². The first-order chi connectivity index (χ1) is 13.9. The fraction of sp³-hybridized carbons (Fsp3) is 0.316. The van der Waals surface area contributed by atoms with Crippen molar-refractivity contribution in [1.29, 1.82) is 0 Å². The maximum atomic E-state index is 12.3. The largest absolute Gasteiger partial charge is 0.494 e. The summed E-state index contributed by atoms with van der Waals surface area (Å²) in [5, 5.41) is 7.71. The maximum absolute atomic E-state index is 12.3. The van der Waals surface area contributed by atoms with E-state index in [1.165, 1.54) is 36.2 Å². The van der Waals surface area contributed by atoms with Gasteiger partial charge in [-0.05, 0) is 39.0 Å². The lowest BCUT2D eigenvalue weighted by Gasteiger charge is -2.19. The van der Waals surface area contributed by atoms with Crippen LogP contribution in [-0.2, 0) is 14.6 Å². The van der Waals surface area contributed by atoms with Gasteiger partial charge in [0.15, 0.2) is 15.7 Å². The van der Waals surface area contributed by atoms with Gasteiger partial charge in [0, 0.05) is 18.5 Å². The van der Waals surface area contributed by atoms with E-state index >= 15 is 0 Å². The lowest BCUT2D eigenvalue weighted by atomic mass is 10.2. The molecule has 0 fully saturated rings. The number of sulfone groups is 1. The molecule has 11 heteroatoms. The average molecular weight is 453 g/mol. The van der Waals surface area contributed by atoms with Crippen molar-refractivity contribution < 1.29 is 22.7 Å². The van der Waals surface area contributed by atoms with Gasteiger partial charge in [0.1, 0.15) is 22.2 Å². The smallest absolute Gasteiger partial charge is 0.413 e. The quantitative estimate of drug-likeness (QED) is 0.598. The molecule has 0 radical (unpaired) electrons. The molecular weight excluding hydrogens is 432 g/mol. The number of aromatic nitrogens is 3. The van der Waals surface area contributed by atoms with Gasteiger partial charge in [-0.2, -0.15) is 0 Å². The Balaban J connectivity index is 2.20. The van der Waals surface area contributed by atoms with Crippen molar-refractivity contribution in [3.8, 4) is 11.4 Å². The van der Waals surface area contributed by atoms with E-state index in [1.54, 1.807) is 26.8 Å². The summed E-state index contributed by atoms with van der Waals surface area (Å²) < 4.78 is 36.2. The number of methoxy groups -OCH3 is 1. The van der Waals surface area contributed by atoms with E-state index in [4.69, 9.17) is 21.1 Å². The van der Waals surface area contributed by atoms with Crippen molar-refractivity contribution in [2.45, 2.75) is 31.3 Å². The third-order valence-corrected chi connectivity index (χ3v) is 5.28. The van der Waals surface area contributed by atoms with Crippen LogP contribution < -0.4 is 10.1 Å². The molecule has 0 saturated carbocycles. The van der Waals surface area contributed by atoms with Gasteiger partial charge in [-0.15, -0.1) is 5.10 Å². The summed E-state index contributed by atoms with van der Waals surface area (Å²) in [7, 11) is -2.02. The highest BCUT2D eigenvalue weighted by molar-refractivity contribution is 7.90. The number of anilines is 1. The number of hydrogen-bond donors (Lipinski definition) is 1. The van der Waals surface area contributed by atoms with Crippen molar-refractivity contribution in [2.75, 3.05) is 18.7 Å². The molecule has 0 aliphatic heterocycles. The number of fused-ring (bicyclic) bond motifs is 1. The van der Waals surface area contributed by atoms with Crippen molar-refractivity contribution >= 4 is 44.3 Å². The van der Waals surface area contributed by atoms with Gasteiger partial charge in [-0.3, -0.25) is 5.32 Å². The molecule has 1 N–H and O–H groups in total. The predicted octanol–water partition coefficient (Wildman–Crippen LogP) is 3.83. The highest BCUT2D eigenvalue weighted by atomic mass is 35.5. The molecule has 0 bridgehead atoms. The number of amides is 1. The molecule has 0 aliphatic rings. The molecule has 0 spiro atoms. The Morgan fingerprint density at radius 1 is 1.23 bits per heavy atom. The summed E-state index contributed by atoms with van der Waals surface area (Å²) >= 11 is 6.07. The number of nitrogens with one attached hydrogen (secondary N) is 1. The van der Waals surface area contributed by atoms with Crippen LogP contribution in [0.15, 0.2) is 35.4 Å². The van der Waals surface area contributed by atoms with Crippen molar-refractivity contribution in [1.82, 2.24) is 14.8 Å². The Kier molecular flexibility index (Phi) is 5.66. The highest BCUT2D eigenvalue weighted by Crippen LogP contribution is 2.32. The van der Waals surface area contributed by atoms with Gasteiger partial charge in [0.2, 0.25) is 0 Å². The first kappa shape index (κ1) is 21.8. The minimum absolute atomic E-state index is 0.0868. The van der Waals surface area contributed by atoms with Crippen molar-refractivity contribution in [2.24, 2.45) is 0 Å². The molecule has 0 unspecified atom stereocenters. The fourth-order valence-corrected chi connectivity index (χ4v) is 3.52. The third kappa shape index (κ3) is 4.65. The minimum atomic E-state index is -3.48. The second kappa shape index (κ2) is 7.77. The SMILES string of the molecule is COc1ccc(S(C)(=O)=O)cc1-n1nc(NC(=O)OC(C)(C)C)c2cnc(Cl)cc21. The van der Waals surface area contributed by atoms with E-state index in [9.17, 15) is 13.2 Å². The summed E-state index contributed by atoms with van der Waals surface area (Å²) in [5.74, 6) is 0.554. The minimum Gasteiger partial charge on any atom is -0.494 e. The van der Waals surface area contributed by atoms with Gasteiger partial charge in [-0.25, -0.2) is 22.9 Å². The third-order valence-electron chi connectivity index (χ3n) is 3.96. The molecule has 9 nitrogen and oxygen atoms in total. The van der Waals surface area contributed by atoms with E-state index in [2.05, 4.69) is 15.4 Å². The summed E-state index contributed by atoms with van der Waals surface area (Å²) in [6.07, 6.45) is 1.87. The number of halogens is 1. The number of hydrogen-bond acceptors (Lipinski definition) is 7. The summed E-state index contributed by atoms with van der Waals surface area (Å²) in [6, 6.07) is 5.96. The molecule has 160 valence electrons. The van der Waals surface area contributed by atoms with E-state index in [0.29, 0.717) is 22.3 Å². The molecule has 2 aromatic heterocycles. The number of carbonyl (C=O) groups is 1. The zero-order valence-electron chi connectivity index (χ0n) is 17.1. The lowest BCUT2D eigenvalue weighted by Crippen LogP contribution is -2.27. The molecule has 30 heavy (non-hydrogen) atoms. The van der Waals surface area contributed by atoms with E-state index in [-0.39, 0.29) is 15.9 Å². The summed E-state index contributed by atoms with van der Waals surface area (Å²) in [6.45, 7) is 5.23. The Morgan fingerprint density at radius 2 is 1.93 bits per heavy atom. The average Bonchev–Trinajstić information content (AvgIpc) is 2.96. The van der Waals surface area contributed by atoms with Gasteiger partial charge in [-0.1, -0.05) is 11.6 Å². The molecule has 0 aliphatic carbocycles. The zero-order valence-corrected chi connectivity index (χ0v) is 18.6. The van der Waals surface area contributed by atoms with Gasteiger partial charge >= 0.3 is 6.09 Å². The van der Waals surface area contributed by atoms with Crippen LogP contribution in [0.1, 0.15) is 20.8 Å². The normalized spacial score (nSPS) is 12.1. The maximum Gasteiger partial charge on any atom is 0.413 e. The van der Waals surface area contributed by atoms with Crippen LogP contribution in [-0.4, -0.2) is 48.2 Å². The number of nitrogens with zero attached hydrogens (tertiary/aromatic N) is 3. The number of carbonyl (C=O) groups excluding carboxylic acids is 1. The number of benzene rings is 1. The van der Waals surface area contributed by atoms with E-state index in [0.717, 1.165) is 6.26 Å².